The van der Waals surface area contributed by atoms with E-state index in [2.05, 4.69) is 5.32 Å². The van der Waals surface area contributed by atoms with Gasteiger partial charge < -0.3 is 5.32 Å². The normalized spacial score (nSPS) is 10.5. The molecule has 1 amide bonds. The van der Waals surface area contributed by atoms with Gasteiger partial charge in [-0.3, -0.25) is 4.79 Å². The molecule has 0 spiro atoms. The lowest BCUT2D eigenvalue weighted by molar-refractivity contribution is 0.269. The zero-order valence-corrected chi connectivity index (χ0v) is 8.35. The number of benzene rings is 1. The van der Waals surface area contributed by atoms with Crippen molar-refractivity contribution >= 4 is 31.5 Å². The fourth-order valence-corrected chi connectivity index (χ4v) is 1.22. The molecular formula is C8H9ClNOP. The van der Waals surface area contributed by atoms with Crippen molar-refractivity contribution in [2.24, 2.45) is 0 Å². The van der Waals surface area contributed by atoms with Crippen molar-refractivity contribution in [1.29, 1.82) is 0 Å². The highest BCUT2D eigenvalue weighted by molar-refractivity contribution is 7.57. The van der Waals surface area contributed by atoms with E-state index in [4.69, 9.17) is 11.6 Å². The molecule has 12 heavy (non-hydrogen) atoms. The van der Waals surface area contributed by atoms with Crippen molar-refractivity contribution < 1.29 is 4.79 Å². The molecular weight excluding hydrogens is 193 g/mol. The van der Waals surface area contributed by atoms with Gasteiger partial charge in [0.2, 0.25) is 5.65 Å². The lowest BCUT2D eigenvalue weighted by Gasteiger charge is -2.02. The van der Waals surface area contributed by atoms with Gasteiger partial charge in [0.25, 0.3) is 0 Å². The van der Waals surface area contributed by atoms with Crippen LogP contribution in [0.25, 0.3) is 0 Å². The van der Waals surface area contributed by atoms with E-state index in [0.717, 1.165) is 5.69 Å². The first-order valence-electron chi connectivity index (χ1n) is 3.46. The fourth-order valence-electron chi connectivity index (χ4n) is 0.760. The summed E-state index contributed by atoms with van der Waals surface area (Å²) in [5.74, 6) is 0. The number of amides is 1. The molecule has 4 heteroatoms. The van der Waals surface area contributed by atoms with Gasteiger partial charge in [-0.05, 0) is 33.4 Å². The Morgan fingerprint density at radius 2 is 2.33 bits per heavy atom. The molecule has 0 aliphatic rings. The van der Waals surface area contributed by atoms with E-state index in [9.17, 15) is 4.79 Å². The van der Waals surface area contributed by atoms with Crippen LogP contribution in [0.2, 0.25) is 5.02 Å². The molecule has 0 bridgehead atoms. The topological polar surface area (TPSA) is 29.1 Å². The zero-order chi connectivity index (χ0) is 8.97. The summed E-state index contributed by atoms with van der Waals surface area (Å²) >= 11 is 5.72. The average Bonchev–Trinajstić information content (AvgIpc) is 2.04. The van der Waals surface area contributed by atoms with Gasteiger partial charge >= 0.3 is 0 Å². The molecule has 0 heterocycles. The molecule has 1 atom stereocenters. The molecule has 1 aromatic rings. The van der Waals surface area contributed by atoms with Crippen LogP contribution in [0.5, 0.6) is 0 Å². The van der Waals surface area contributed by atoms with Crippen LogP contribution in [0.1, 0.15) is 0 Å². The van der Waals surface area contributed by atoms with Crippen molar-refractivity contribution in [2.75, 3.05) is 12.0 Å². The third-order valence-corrected chi connectivity index (χ3v) is 2.12. The second-order valence-electron chi connectivity index (χ2n) is 2.21. The van der Waals surface area contributed by atoms with Gasteiger partial charge in [0.05, 0.1) is 0 Å². The summed E-state index contributed by atoms with van der Waals surface area (Å²) in [5, 5.41) is 3.35. The van der Waals surface area contributed by atoms with Gasteiger partial charge in [0.1, 0.15) is 0 Å². The van der Waals surface area contributed by atoms with Crippen LogP contribution in [-0.2, 0) is 0 Å². The Labute approximate surface area is 78.1 Å². The Hall–Kier alpha value is -0.590. The van der Waals surface area contributed by atoms with Crippen LogP contribution in [0.4, 0.5) is 10.5 Å². The van der Waals surface area contributed by atoms with Crippen LogP contribution < -0.4 is 5.32 Å². The second-order valence-corrected chi connectivity index (χ2v) is 3.61. The smallest absolute Gasteiger partial charge is 0.241 e. The van der Waals surface area contributed by atoms with Gasteiger partial charge in [-0.2, -0.15) is 0 Å². The van der Waals surface area contributed by atoms with Crippen LogP contribution in [0.3, 0.4) is 0 Å². The number of anilines is 1. The summed E-state index contributed by atoms with van der Waals surface area (Å²) in [7, 11) is 0.261. The van der Waals surface area contributed by atoms with Gasteiger partial charge in [-0.15, -0.1) is 0 Å². The molecule has 1 rings (SSSR count). The number of halogens is 1. The number of carbonyl (C=O) groups excluding carboxylic acids is 1. The van der Waals surface area contributed by atoms with E-state index in [-0.39, 0.29) is 14.2 Å². The van der Waals surface area contributed by atoms with E-state index >= 15 is 0 Å². The van der Waals surface area contributed by atoms with E-state index < -0.39 is 0 Å². The second kappa shape index (κ2) is 4.44. The maximum Gasteiger partial charge on any atom is 0.241 e. The lowest BCUT2D eigenvalue weighted by atomic mass is 10.3. The highest BCUT2D eigenvalue weighted by Crippen LogP contribution is 2.17. The van der Waals surface area contributed by atoms with Crippen molar-refractivity contribution in [1.82, 2.24) is 0 Å². The first kappa shape index (κ1) is 9.50. The SMILES string of the molecule is CPC(=O)Nc1cccc(Cl)c1. The van der Waals surface area contributed by atoms with Gasteiger partial charge in [0, 0.05) is 10.7 Å². The van der Waals surface area contributed by atoms with Gasteiger partial charge in [0.15, 0.2) is 0 Å². The fraction of sp³-hybridized carbons (Fsp3) is 0.125. The third-order valence-electron chi connectivity index (χ3n) is 1.31. The summed E-state index contributed by atoms with van der Waals surface area (Å²) in [4.78, 5) is 11.0. The average molecular weight is 202 g/mol. The lowest BCUT2D eigenvalue weighted by Crippen LogP contribution is -2.01. The van der Waals surface area contributed by atoms with Crippen LogP contribution >= 0.6 is 20.2 Å². The van der Waals surface area contributed by atoms with E-state index in [1.807, 2.05) is 12.7 Å². The summed E-state index contributed by atoms with van der Waals surface area (Å²) in [5.41, 5.74) is 0.777. The molecule has 1 unspecified atom stereocenters. The molecule has 0 saturated carbocycles. The maximum atomic E-state index is 11.0. The van der Waals surface area contributed by atoms with E-state index in [0.29, 0.717) is 5.02 Å². The third kappa shape index (κ3) is 2.80. The monoisotopic (exact) mass is 201 g/mol. The Morgan fingerprint density at radius 1 is 1.58 bits per heavy atom. The molecule has 0 saturated heterocycles. The Bertz CT molecular complexity index is 290. The summed E-state index contributed by atoms with van der Waals surface area (Å²) in [6, 6.07) is 7.10. The molecule has 64 valence electrons. The number of rotatable bonds is 2. The quantitative estimate of drug-likeness (QED) is 0.732. The van der Waals surface area contributed by atoms with Crippen LogP contribution in [0, 0.1) is 0 Å². The van der Waals surface area contributed by atoms with E-state index in [1.165, 1.54) is 0 Å². The number of hydrogen-bond donors (Lipinski definition) is 1. The predicted molar refractivity (Wildman–Crippen MR) is 54.7 cm³/mol. The highest BCUT2D eigenvalue weighted by Gasteiger charge is 1.97. The molecule has 1 N–H and O–H groups in total. The summed E-state index contributed by atoms with van der Waals surface area (Å²) < 4.78 is 0. The molecule has 0 fully saturated rings. The first-order chi connectivity index (χ1) is 5.72. The largest absolute Gasteiger partial charge is 0.323 e. The minimum absolute atomic E-state index is 0.0252. The molecule has 0 radical (unpaired) electrons. The molecule has 1 aromatic carbocycles. The Kier molecular flexibility index (Phi) is 3.51. The minimum Gasteiger partial charge on any atom is -0.323 e. The zero-order valence-electron chi connectivity index (χ0n) is 6.60. The maximum absolute atomic E-state index is 11.0. The van der Waals surface area contributed by atoms with Crippen LogP contribution in [-0.4, -0.2) is 12.3 Å². The Balaban J connectivity index is 2.69. The first-order valence-corrected chi connectivity index (χ1v) is 5.34. The van der Waals surface area contributed by atoms with Crippen LogP contribution in [0.15, 0.2) is 24.3 Å². The number of hydrogen-bond acceptors (Lipinski definition) is 1. The Morgan fingerprint density at radius 3 is 2.92 bits per heavy atom. The number of carbonyl (C=O) groups is 1. The van der Waals surface area contributed by atoms with Gasteiger partial charge in [-0.25, -0.2) is 0 Å². The molecule has 0 aliphatic heterocycles. The van der Waals surface area contributed by atoms with Crippen molar-refractivity contribution in [3.63, 3.8) is 0 Å². The standard InChI is InChI=1S/C8H9ClNOP/c1-12-8(11)10-7-4-2-3-6(9)5-7/h2-5,12H,1H3,(H,10,11). The van der Waals surface area contributed by atoms with Crippen molar-refractivity contribution in [3.05, 3.63) is 29.3 Å². The minimum atomic E-state index is 0.0252. The number of nitrogens with one attached hydrogen (secondary N) is 1. The van der Waals surface area contributed by atoms with Gasteiger partial charge in [-0.1, -0.05) is 17.7 Å². The van der Waals surface area contributed by atoms with Crippen molar-refractivity contribution in [3.8, 4) is 0 Å². The predicted octanol–water partition coefficient (Wildman–Crippen LogP) is 3.18. The summed E-state index contributed by atoms with van der Waals surface area (Å²) in [6.45, 7) is 1.83. The summed E-state index contributed by atoms with van der Waals surface area (Å²) in [6.07, 6.45) is 0. The molecule has 0 aliphatic carbocycles. The molecule has 0 aromatic heterocycles. The van der Waals surface area contributed by atoms with Crippen molar-refractivity contribution in [2.45, 2.75) is 0 Å². The highest BCUT2D eigenvalue weighted by atomic mass is 35.5. The molecule has 2 nitrogen and oxygen atoms in total. The van der Waals surface area contributed by atoms with E-state index in [1.54, 1.807) is 18.2 Å².